The molecular formula is C13H23N3S. The lowest BCUT2D eigenvalue weighted by atomic mass is 10.1. The smallest absolute Gasteiger partial charge is 0.0928 e. The third kappa shape index (κ3) is 3.27. The van der Waals surface area contributed by atoms with Gasteiger partial charge < -0.3 is 5.32 Å². The summed E-state index contributed by atoms with van der Waals surface area (Å²) in [5.74, 6) is 0. The molecule has 3 nitrogen and oxygen atoms in total. The Balaban J connectivity index is 1.96. The van der Waals surface area contributed by atoms with Gasteiger partial charge in [-0.05, 0) is 26.7 Å². The van der Waals surface area contributed by atoms with Gasteiger partial charge in [0.1, 0.15) is 0 Å². The van der Waals surface area contributed by atoms with Crippen molar-refractivity contribution in [3.8, 4) is 0 Å². The van der Waals surface area contributed by atoms with E-state index in [0.717, 1.165) is 25.9 Å². The summed E-state index contributed by atoms with van der Waals surface area (Å²) in [4.78, 5) is 8.68. The van der Waals surface area contributed by atoms with Crippen molar-refractivity contribution in [1.82, 2.24) is 15.2 Å². The van der Waals surface area contributed by atoms with Gasteiger partial charge in [-0.25, -0.2) is 4.98 Å². The summed E-state index contributed by atoms with van der Waals surface area (Å²) in [7, 11) is 0. The van der Waals surface area contributed by atoms with E-state index in [0.29, 0.717) is 6.04 Å². The van der Waals surface area contributed by atoms with E-state index in [9.17, 15) is 0 Å². The van der Waals surface area contributed by atoms with Gasteiger partial charge in [0.25, 0.3) is 0 Å². The first-order valence-electron chi connectivity index (χ1n) is 6.60. The van der Waals surface area contributed by atoms with Crippen molar-refractivity contribution in [2.45, 2.75) is 39.7 Å². The number of thiazole rings is 1. The molecule has 1 fully saturated rings. The Morgan fingerprint density at radius 1 is 1.41 bits per heavy atom. The summed E-state index contributed by atoms with van der Waals surface area (Å²) in [5.41, 5.74) is 1.24. The van der Waals surface area contributed by atoms with Gasteiger partial charge in [0.15, 0.2) is 0 Å². The lowest BCUT2D eigenvalue weighted by molar-refractivity contribution is 0.184. The summed E-state index contributed by atoms with van der Waals surface area (Å²) >= 11 is 1.90. The van der Waals surface area contributed by atoms with Crippen LogP contribution in [0.2, 0.25) is 0 Å². The van der Waals surface area contributed by atoms with Crippen molar-refractivity contribution in [1.29, 1.82) is 0 Å². The van der Waals surface area contributed by atoms with Crippen LogP contribution in [0, 0.1) is 6.92 Å². The van der Waals surface area contributed by atoms with Gasteiger partial charge in [-0.15, -0.1) is 11.3 Å². The molecule has 0 aromatic carbocycles. The fourth-order valence-corrected chi connectivity index (χ4v) is 3.48. The maximum absolute atomic E-state index is 4.61. The Morgan fingerprint density at radius 3 is 2.71 bits per heavy atom. The van der Waals surface area contributed by atoms with Crippen molar-refractivity contribution in [2.24, 2.45) is 0 Å². The Hall–Kier alpha value is -0.450. The zero-order chi connectivity index (χ0) is 12.3. The van der Waals surface area contributed by atoms with Gasteiger partial charge in [0.05, 0.1) is 10.7 Å². The number of nitrogens with one attached hydrogen (secondary N) is 1. The van der Waals surface area contributed by atoms with Crippen LogP contribution >= 0.6 is 11.3 Å². The summed E-state index contributed by atoms with van der Waals surface area (Å²) < 4.78 is 0. The average Bonchev–Trinajstić information content (AvgIpc) is 2.71. The molecule has 1 unspecified atom stereocenters. The standard InChI is InChI=1S/C13H23N3S/c1-4-13-15-11(3)12(17-13)9-10(2)16-7-5-14-6-8-16/h10,14H,4-9H2,1-3H3. The van der Waals surface area contributed by atoms with E-state index >= 15 is 0 Å². The molecule has 1 aliphatic heterocycles. The van der Waals surface area contributed by atoms with Crippen LogP contribution in [-0.2, 0) is 12.8 Å². The Kier molecular flexibility index (Phi) is 4.54. The second kappa shape index (κ2) is 5.94. The SMILES string of the molecule is CCc1nc(C)c(CC(C)N2CCNCC2)s1. The van der Waals surface area contributed by atoms with Gasteiger partial charge in [0, 0.05) is 37.1 Å². The van der Waals surface area contributed by atoms with E-state index in [-0.39, 0.29) is 0 Å². The first kappa shape index (κ1) is 13.0. The van der Waals surface area contributed by atoms with E-state index < -0.39 is 0 Å². The molecule has 0 saturated carbocycles. The first-order valence-corrected chi connectivity index (χ1v) is 7.42. The Labute approximate surface area is 108 Å². The number of rotatable bonds is 4. The zero-order valence-electron chi connectivity index (χ0n) is 11.1. The third-order valence-corrected chi connectivity index (χ3v) is 4.82. The quantitative estimate of drug-likeness (QED) is 0.887. The maximum Gasteiger partial charge on any atom is 0.0928 e. The van der Waals surface area contributed by atoms with Crippen LogP contribution < -0.4 is 5.32 Å². The molecule has 1 aromatic rings. The van der Waals surface area contributed by atoms with E-state index in [4.69, 9.17) is 0 Å². The number of hydrogen-bond acceptors (Lipinski definition) is 4. The molecule has 0 aliphatic carbocycles. The van der Waals surface area contributed by atoms with Crippen LogP contribution in [0.4, 0.5) is 0 Å². The molecule has 1 saturated heterocycles. The number of nitrogens with zero attached hydrogens (tertiary/aromatic N) is 2. The molecule has 4 heteroatoms. The third-order valence-electron chi connectivity index (χ3n) is 3.50. The molecule has 2 heterocycles. The largest absolute Gasteiger partial charge is 0.314 e. The molecule has 1 atom stereocenters. The number of hydrogen-bond donors (Lipinski definition) is 1. The minimum absolute atomic E-state index is 0.640. The number of piperazine rings is 1. The van der Waals surface area contributed by atoms with Crippen molar-refractivity contribution >= 4 is 11.3 Å². The summed E-state index contributed by atoms with van der Waals surface area (Å²) in [5, 5.41) is 4.69. The lowest BCUT2D eigenvalue weighted by Crippen LogP contribution is -2.48. The molecule has 96 valence electrons. The van der Waals surface area contributed by atoms with Gasteiger partial charge >= 0.3 is 0 Å². The molecule has 17 heavy (non-hydrogen) atoms. The minimum atomic E-state index is 0.640. The van der Waals surface area contributed by atoms with Gasteiger partial charge in [-0.1, -0.05) is 6.92 Å². The predicted molar refractivity (Wildman–Crippen MR) is 73.8 cm³/mol. The second-order valence-corrected chi connectivity index (χ2v) is 5.98. The first-order chi connectivity index (χ1) is 8.20. The highest BCUT2D eigenvalue weighted by molar-refractivity contribution is 7.11. The Bertz CT molecular complexity index is 356. The maximum atomic E-state index is 4.61. The van der Waals surface area contributed by atoms with Crippen molar-refractivity contribution < 1.29 is 0 Å². The van der Waals surface area contributed by atoms with Crippen LogP contribution in [-0.4, -0.2) is 42.1 Å². The summed E-state index contributed by atoms with van der Waals surface area (Å²) in [6, 6.07) is 0.640. The fraction of sp³-hybridized carbons (Fsp3) is 0.769. The zero-order valence-corrected chi connectivity index (χ0v) is 11.9. The molecule has 0 amide bonds. The molecule has 0 radical (unpaired) electrons. The van der Waals surface area contributed by atoms with E-state index in [1.807, 2.05) is 11.3 Å². The number of aryl methyl sites for hydroxylation is 2. The molecule has 0 bridgehead atoms. The summed E-state index contributed by atoms with van der Waals surface area (Å²) in [6.07, 6.45) is 2.22. The van der Waals surface area contributed by atoms with Crippen LogP contribution in [0.25, 0.3) is 0 Å². The lowest BCUT2D eigenvalue weighted by Gasteiger charge is -2.32. The molecule has 1 aliphatic rings. The van der Waals surface area contributed by atoms with Crippen molar-refractivity contribution in [3.05, 3.63) is 15.6 Å². The Morgan fingerprint density at radius 2 is 2.12 bits per heavy atom. The fourth-order valence-electron chi connectivity index (χ4n) is 2.35. The highest BCUT2D eigenvalue weighted by atomic mass is 32.1. The molecule has 2 rings (SSSR count). The molecule has 0 spiro atoms. The van der Waals surface area contributed by atoms with E-state index in [2.05, 4.69) is 36.0 Å². The molecular weight excluding hydrogens is 230 g/mol. The van der Waals surface area contributed by atoms with Crippen LogP contribution in [0.1, 0.15) is 29.4 Å². The van der Waals surface area contributed by atoms with Gasteiger partial charge in [0.2, 0.25) is 0 Å². The van der Waals surface area contributed by atoms with E-state index in [1.165, 1.54) is 28.7 Å². The van der Waals surface area contributed by atoms with Crippen LogP contribution in [0.5, 0.6) is 0 Å². The van der Waals surface area contributed by atoms with Crippen LogP contribution in [0.15, 0.2) is 0 Å². The van der Waals surface area contributed by atoms with E-state index in [1.54, 1.807) is 0 Å². The minimum Gasteiger partial charge on any atom is -0.314 e. The van der Waals surface area contributed by atoms with Crippen LogP contribution in [0.3, 0.4) is 0 Å². The molecule has 1 aromatic heterocycles. The monoisotopic (exact) mass is 253 g/mol. The summed E-state index contributed by atoms with van der Waals surface area (Å²) in [6.45, 7) is 11.3. The topological polar surface area (TPSA) is 28.2 Å². The van der Waals surface area contributed by atoms with Gasteiger partial charge in [-0.3, -0.25) is 4.90 Å². The molecule has 1 N–H and O–H groups in total. The van der Waals surface area contributed by atoms with Crippen molar-refractivity contribution in [3.63, 3.8) is 0 Å². The highest BCUT2D eigenvalue weighted by Gasteiger charge is 2.18. The highest BCUT2D eigenvalue weighted by Crippen LogP contribution is 2.21. The normalized spacial score (nSPS) is 19.5. The van der Waals surface area contributed by atoms with Gasteiger partial charge in [-0.2, -0.15) is 0 Å². The second-order valence-electron chi connectivity index (χ2n) is 4.81. The number of aromatic nitrogens is 1. The average molecular weight is 253 g/mol. The predicted octanol–water partition coefficient (Wildman–Crippen LogP) is 1.85. The van der Waals surface area contributed by atoms with Crippen molar-refractivity contribution in [2.75, 3.05) is 26.2 Å².